The third-order valence-electron chi connectivity index (χ3n) is 3.82. The highest BCUT2D eigenvalue weighted by Gasteiger charge is 2.24. The molecule has 122 valence electrons. The highest BCUT2D eigenvalue weighted by molar-refractivity contribution is 8.18. The fourth-order valence-electron chi connectivity index (χ4n) is 2.68. The first-order chi connectivity index (χ1) is 12.2. The molecule has 5 heteroatoms. The van der Waals surface area contributed by atoms with Gasteiger partial charge in [-0.15, -0.1) is 0 Å². The van der Waals surface area contributed by atoms with Gasteiger partial charge >= 0.3 is 0 Å². The second-order valence-electron chi connectivity index (χ2n) is 5.57. The van der Waals surface area contributed by atoms with Crippen molar-refractivity contribution in [2.24, 2.45) is 4.99 Å². The number of phenolic OH excluding ortho intramolecular Hbond substituents is 1. The average Bonchev–Trinajstić information content (AvgIpc) is 2.94. The number of carbonyl (C=O) groups is 1. The summed E-state index contributed by atoms with van der Waals surface area (Å²) in [4.78, 5) is 17.2. The zero-order valence-electron chi connectivity index (χ0n) is 13.1. The third kappa shape index (κ3) is 3.27. The van der Waals surface area contributed by atoms with Crippen molar-refractivity contribution in [3.05, 3.63) is 77.2 Å². The Hall–Kier alpha value is -3.05. The van der Waals surface area contributed by atoms with Crippen LogP contribution in [0.2, 0.25) is 0 Å². The number of hydrogen-bond donors (Lipinski definition) is 2. The van der Waals surface area contributed by atoms with Gasteiger partial charge in [-0.25, -0.2) is 4.99 Å². The van der Waals surface area contributed by atoms with Crippen LogP contribution >= 0.6 is 11.8 Å². The molecule has 1 saturated heterocycles. The Morgan fingerprint density at radius 3 is 2.68 bits per heavy atom. The summed E-state index contributed by atoms with van der Waals surface area (Å²) in [6.45, 7) is 0. The number of rotatable bonds is 2. The standard InChI is InChI=1S/C20H14N2O2S/c23-16-9-4-8-15(12-16)21-20-22-19(24)18(25-20)11-14-7-3-6-13-5-1-2-10-17(13)14/h1-12,23H,(H,21,22,24)/b18-11-. The van der Waals surface area contributed by atoms with Crippen molar-refractivity contribution in [1.29, 1.82) is 0 Å². The largest absolute Gasteiger partial charge is 0.508 e. The Kier molecular flexibility index (Phi) is 3.99. The molecule has 0 saturated carbocycles. The van der Waals surface area contributed by atoms with Crippen LogP contribution in [0.15, 0.2) is 76.6 Å². The molecule has 4 nitrogen and oxygen atoms in total. The molecule has 0 spiro atoms. The topological polar surface area (TPSA) is 61.7 Å². The maximum atomic E-state index is 12.3. The molecule has 25 heavy (non-hydrogen) atoms. The van der Waals surface area contributed by atoms with Gasteiger partial charge in [0.25, 0.3) is 5.91 Å². The number of nitrogens with one attached hydrogen (secondary N) is 1. The first kappa shape index (κ1) is 15.5. The van der Waals surface area contributed by atoms with Gasteiger partial charge in [0.2, 0.25) is 0 Å². The number of amidine groups is 1. The molecule has 1 heterocycles. The first-order valence-corrected chi connectivity index (χ1v) is 8.57. The lowest BCUT2D eigenvalue weighted by Crippen LogP contribution is -2.19. The quantitative estimate of drug-likeness (QED) is 0.675. The SMILES string of the molecule is O=C1NC(=Nc2cccc(O)c2)S/C1=C\c1cccc2ccccc12. The molecule has 0 aromatic heterocycles. The van der Waals surface area contributed by atoms with Gasteiger partial charge in [0.05, 0.1) is 10.6 Å². The van der Waals surface area contributed by atoms with Crippen molar-refractivity contribution in [1.82, 2.24) is 5.32 Å². The Morgan fingerprint density at radius 2 is 1.80 bits per heavy atom. The van der Waals surface area contributed by atoms with Crippen LogP contribution in [0.25, 0.3) is 16.8 Å². The van der Waals surface area contributed by atoms with Gasteiger partial charge in [0, 0.05) is 6.07 Å². The Bertz CT molecular complexity index is 1040. The summed E-state index contributed by atoms with van der Waals surface area (Å²) in [7, 11) is 0. The van der Waals surface area contributed by atoms with E-state index in [1.165, 1.54) is 11.8 Å². The Labute approximate surface area is 148 Å². The molecule has 1 amide bonds. The average molecular weight is 346 g/mol. The van der Waals surface area contributed by atoms with Crippen LogP contribution in [0.5, 0.6) is 5.75 Å². The number of fused-ring (bicyclic) bond motifs is 1. The molecule has 0 unspecified atom stereocenters. The number of aromatic hydroxyl groups is 1. The summed E-state index contributed by atoms with van der Waals surface area (Å²) in [5.74, 6) is -0.0282. The van der Waals surface area contributed by atoms with E-state index in [1.807, 2.05) is 48.5 Å². The minimum atomic E-state index is -0.170. The predicted molar refractivity (Wildman–Crippen MR) is 103 cm³/mol. The van der Waals surface area contributed by atoms with Crippen molar-refractivity contribution < 1.29 is 9.90 Å². The molecule has 1 fully saturated rings. The fourth-order valence-corrected chi connectivity index (χ4v) is 3.51. The second kappa shape index (κ2) is 6.45. The summed E-state index contributed by atoms with van der Waals surface area (Å²) in [5.41, 5.74) is 1.59. The van der Waals surface area contributed by atoms with E-state index in [4.69, 9.17) is 0 Å². The van der Waals surface area contributed by atoms with Crippen molar-refractivity contribution in [3.63, 3.8) is 0 Å². The molecule has 2 N–H and O–H groups in total. The molecule has 0 bridgehead atoms. The van der Waals surface area contributed by atoms with E-state index < -0.39 is 0 Å². The van der Waals surface area contributed by atoms with E-state index in [-0.39, 0.29) is 11.7 Å². The van der Waals surface area contributed by atoms with Crippen LogP contribution in [0, 0.1) is 0 Å². The smallest absolute Gasteiger partial charge is 0.264 e. The molecular formula is C20H14N2O2S. The van der Waals surface area contributed by atoms with Gasteiger partial charge in [-0.3, -0.25) is 4.79 Å². The molecule has 0 atom stereocenters. The van der Waals surface area contributed by atoms with E-state index in [0.717, 1.165) is 16.3 Å². The Balaban J connectivity index is 1.67. The van der Waals surface area contributed by atoms with Gasteiger partial charge in [0.15, 0.2) is 5.17 Å². The van der Waals surface area contributed by atoms with Gasteiger partial charge in [-0.05, 0) is 46.3 Å². The molecule has 3 aromatic carbocycles. The lowest BCUT2D eigenvalue weighted by Gasteiger charge is -2.02. The van der Waals surface area contributed by atoms with Crippen molar-refractivity contribution in [3.8, 4) is 5.75 Å². The molecular weight excluding hydrogens is 332 g/mol. The van der Waals surface area contributed by atoms with Crippen molar-refractivity contribution in [2.75, 3.05) is 0 Å². The highest BCUT2D eigenvalue weighted by atomic mass is 32.2. The minimum Gasteiger partial charge on any atom is -0.508 e. The number of amides is 1. The summed E-state index contributed by atoms with van der Waals surface area (Å²) >= 11 is 1.29. The monoisotopic (exact) mass is 346 g/mol. The summed E-state index contributed by atoms with van der Waals surface area (Å²) < 4.78 is 0. The van der Waals surface area contributed by atoms with E-state index >= 15 is 0 Å². The van der Waals surface area contributed by atoms with E-state index in [2.05, 4.69) is 10.3 Å². The number of benzene rings is 3. The fraction of sp³-hybridized carbons (Fsp3) is 0. The van der Waals surface area contributed by atoms with E-state index in [0.29, 0.717) is 15.8 Å². The maximum absolute atomic E-state index is 12.3. The van der Waals surface area contributed by atoms with E-state index in [1.54, 1.807) is 24.3 Å². The number of aliphatic imine (C=N–C) groups is 1. The van der Waals surface area contributed by atoms with Gasteiger partial charge in [-0.1, -0.05) is 48.5 Å². The van der Waals surface area contributed by atoms with Crippen LogP contribution in [0.3, 0.4) is 0 Å². The van der Waals surface area contributed by atoms with Gasteiger partial charge in [-0.2, -0.15) is 0 Å². The lowest BCUT2D eigenvalue weighted by atomic mass is 10.0. The maximum Gasteiger partial charge on any atom is 0.264 e. The molecule has 3 aromatic rings. The molecule has 1 aliphatic rings. The number of phenols is 1. The Morgan fingerprint density at radius 1 is 1.00 bits per heavy atom. The van der Waals surface area contributed by atoms with E-state index in [9.17, 15) is 9.90 Å². The predicted octanol–water partition coefficient (Wildman–Crippen LogP) is 4.44. The normalized spacial score (nSPS) is 17.4. The first-order valence-electron chi connectivity index (χ1n) is 7.75. The summed E-state index contributed by atoms with van der Waals surface area (Å²) in [6, 6.07) is 20.7. The van der Waals surface area contributed by atoms with Crippen LogP contribution < -0.4 is 5.32 Å². The van der Waals surface area contributed by atoms with Gasteiger partial charge in [0.1, 0.15) is 5.75 Å². The number of hydrogen-bond acceptors (Lipinski definition) is 4. The van der Waals surface area contributed by atoms with Crippen LogP contribution in [-0.4, -0.2) is 16.2 Å². The number of nitrogens with zero attached hydrogens (tertiary/aromatic N) is 1. The van der Waals surface area contributed by atoms with Gasteiger partial charge < -0.3 is 10.4 Å². The number of carbonyl (C=O) groups excluding carboxylic acids is 1. The second-order valence-corrected chi connectivity index (χ2v) is 6.60. The highest BCUT2D eigenvalue weighted by Crippen LogP contribution is 2.30. The molecule has 4 rings (SSSR count). The minimum absolute atomic E-state index is 0.141. The van der Waals surface area contributed by atoms with Crippen LogP contribution in [0.1, 0.15) is 5.56 Å². The summed E-state index contributed by atoms with van der Waals surface area (Å²) in [5, 5.41) is 15.0. The zero-order chi connectivity index (χ0) is 17.2. The summed E-state index contributed by atoms with van der Waals surface area (Å²) in [6.07, 6.45) is 1.88. The zero-order valence-corrected chi connectivity index (χ0v) is 14.0. The lowest BCUT2D eigenvalue weighted by molar-refractivity contribution is -0.115. The molecule has 0 aliphatic carbocycles. The molecule has 0 radical (unpaired) electrons. The van der Waals surface area contributed by atoms with Crippen LogP contribution in [-0.2, 0) is 4.79 Å². The third-order valence-corrected chi connectivity index (χ3v) is 4.73. The molecule has 1 aliphatic heterocycles. The van der Waals surface area contributed by atoms with Crippen LogP contribution in [0.4, 0.5) is 5.69 Å². The number of thioether (sulfide) groups is 1. The van der Waals surface area contributed by atoms with Crippen molar-refractivity contribution in [2.45, 2.75) is 0 Å². The van der Waals surface area contributed by atoms with Crippen molar-refractivity contribution >= 4 is 45.4 Å².